The first-order chi connectivity index (χ1) is 13.0. The van der Waals surface area contributed by atoms with Crippen molar-refractivity contribution in [3.8, 4) is 0 Å². The summed E-state index contributed by atoms with van der Waals surface area (Å²) in [7, 11) is 0. The molecule has 0 radical (unpaired) electrons. The zero-order valence-electron chi connectivity index (χ0n) is 17.1. The van der Waals surface area contributed by atoms with Crippen LogP contribution in [0, 0.1) is 0 Å². The normalized spacial score (nSPS) is 17.3. The average molecular weight is 374 g/mol. The van der Waals surface area contributed by atoms with Gasteiger partial charge in [0.1, 0.15) is 0 Å². The number of β-amino-alcohol motifs (C(OH)–C–C–N with tert-alkyl or cyclic N) is 1. The van der Waals surface area contributed by atoms with Crippen molar-refractivity contribution < 1.29 is 14.6 Å². The van der Waals surface area contributed by atoms with Gasteiger partial charge in [-0.2, -0.15) is 0 Å². The van der Waals surface area contributed by atoms with E-state index in [4.69, 9.17) is 4.74 Å². The molecule has 1 heterocycles. The third kappa shape index (κ3) is 6.78. The summed E-state index contributed by atoms with van der Waals surface area (Å²) >= 11 is 0. The van der Waals surface area contributed by atoms with Gasteiger partial charge in [0.15, 0.2) is 0 Å². The van der Waals surface area contributed by atoms with E-state index in [1.165, 1.54) is 30.0 Å². The van der Waals surface area contributed by atoms with Crippen LogP contribution < -0.4 is 0 Å². The highest BCUT2D eigenvalue weighted by Gasteiger charge is 2.18. The molecular formula is C23H35NO3. The molecule has 1 N–H and O–H groups in total. The van der Waals surface area contributed by atoms with Crippen LogP contribution in [0.2, 0.25) is 0 Å². The Kier molecular flexibility index (Phi) is 9.02. The minimum atomic E-state index is -0.303. The molecule has 2 rings (SSSR count). The maximum atomic E-state index is 11.7. The third-order valence-corrected chi connectivity index (χ3v) is 5.42. The fourth-order valence-corrected chi connectivity index (χ4v) is 3.87. The molecule has 1 aromatic rings. The van der Waals surface area contributed by atoms with E-state index in [0.29, 0.717) is 12.5 Å². The summed E-state index contributed by atoms with van der Waals surface area (Å²) in [5, 5.41) is 10.4. The number of benzene rings is 1. The predicted molar refractivity (Wildman–Crippen MR) is 111 cm³/mol. The van der Waals surface area contributed by atoms with Gasteiger partial charge in [0.05, 0.1) is 12.7 Å². The Hall–Kier alpha value is -1.65. The van der Waals surface area contributed by atoms with Gasteiger partial charge in [-0.15, -0.1) is 0 Å². The van der Waals surface area contributed by atoms with Crippen LogP contribution in [-0.4, -0.2) is 48.3 Å². The predicted octanol–water partition coefficient (Wildman–Crippen LogP) is 4.17. The Bertz CT molecular complexity index is 620. The van der Waals surface area contributed by atoms with E-state index in [1.54, 1.807) is 0 Å². The van der Waals surface area contributed by atoms with Crippen molar-refractivity contribution in [1.29, 1.82) is 0 Å². The smallest absolute Gasteiger partial charge is 0.330 e. The molecule has 0 amide bonds. The number of aliphatic hydroxyl groups excluding tert-OH is 1. The molecular weight excluding hydrogens is 338 g/mol. The number of carbonyl (C=O) groups is 1. The van der Waals surface area contributed by atoms with E-state index in [-0.39, 0.29) is 12.1 Å². The first kappa shape index (κ1) is 21.6. The van der Waals surface area contributed by atoms with Crippen LogP contribution >= 0.6 is 0 Å². The lowest BCUT2D eigenvalue weighted by molar-refractivity contribution is -0.137. The molecule has 2 unspecified atom stereocenters. The quantitative estimate of drug-likeness (QED) is 0.494. The zero-order valence-corrected chi connectivity index (χ0v) is 17.1. The van der Waals surface area contributed by atoms with Crippen LogP contribution in [0.15, 0.2) is 24.3 Å². The molecule has 0 bridgehead atoms. The summed E-state index contributed by atoms with van der Waals surface area (Å²) in [4.78, 5) is 14.1. The molecule has 0 aliphatic carbocycles. The SMILES string of the molecule is CCOC(=O)/C=C/c1c(CC)cccc1C(C)CCC(O)CN1CCCC1. The fourth-order valence-electron chi connectivity index (χ4n) is 3.87. The molecule has 0 saturated carbocycles. The van der Waals surface area contributed by atoms with Crippen molar-refractivity contribution in [1.82, 2.24) is 4.90 Å². The number of hydrogen-bond acceptors (Lipinski definition) is 4. The molecule has 0 aromatic heterocycles. The molecule has 1 aromatic carbocycles. The van der Waals surface area contributed by atoms with Crippen molar-refractivity contribution in [3.05, 3.63) is 41.0 Å². The topological polar surface area (TPSA) is 49.8 Å². The lowest BCUT2D eigenvalue weighted by atomic mass is 9.88. The van der Waals surface area contributed by atoms with Crippen LogP contribution in [0.3, 0.4) is 0 Å². The summed E-state index contributed by atoms with van der Waals surface area (Å²) in [5.74, 6) is 0.0228. The van der Waals surface area contributed by atoms with Gasteiger partial charge in [-0.1, -0.05) is 32.0 Å². The Morgan fingerprint density at radius 2 is 2.00 bits per heavy atom. The van der Waals surface area contributed by atoms with Gasteiger partial charge in [-0.3, -0.25) is 0 Å². The molecule has 27 heavy (non-hydrogen) atoms. The number of rotatable bonds is 10. The van der Waals surface area contributed by atoms with E-state index in [0.717, 1.165) is 44.5 Å². The molecule has 1 saturated heterocycles. The second-order valence-corrected chi connectivity index (χ2v) is 7.50. The van der Waals surface area contributed by atoms with Gasteiger partial charge in [-0.25, -0.2) is 4.79 Å². The molecule has 0 spiro atoms. The fraction of sp³-hybridized carbons (Fsp3) is 0.609. The van der Waals surface area contributed by atoms with Crippen molar-refractivity contribution in [3.63, 3.8) is 0 Å². The van der Waals surface area contributed by atoms with Gasteiger partial charge in [0.2, 0.25) is 0 Å². The van der Waals surface area contributed by atoms with Gasteiger partial charge in [-0.05, 0) is 80.8 Å². The lowest BCUT2D eigenvalue weighted by Gasteiger charge is -2.22. The van der Waals surface area contributed by atoms with Crippen LogP contribution in [0.1, 0.15) is 69.1 Å². The third-order valence-electron chi connectivity index (χ3n) is 5.42. The number of esters is 1. The molecule has 1 aliphatic heterocycles. The standard InChI is InChI=1S/C23H35NO3/c1-4-19-9-8-10-21(22(19)13-14-23(26)27-5-2)18(3)11-12-20(25)17-24-15-6-7-16-24/h8-10,13-14,18,20,25H,4-7,11-12,15-17H2,1-3H3/b14-13+. The Morgan fingerprint density at radius 1 is 1.26 bits per heavy atom. The molecule has 1 fully saturated rings. The van der Waals surface area contributed by atoms with E-state index in [9.17, 15) is 9.90 Å². The zero-order chi connectivity index (χ0) is 19.6. The first-order valence-corrected chi connectivity index (χ1v) is 10.4. The number of carbonyl (C=O) groups excluding carboxylic acids is 1. The van der Waals surface area contributed by atoms with E-state index < -0.39 is 0 Å². The molecule has 4 heteroatoms. The number of likely N-dealkylation sites (tertiary alicyclic amines) is 1. The Labute approximate surface area is 164 Å². The minimum Gasteiger partial charge on any atom is -0.463 e. The summed E-state index contributed by atoms with van der Waals surface area (Å²) in [6, 6.07) is 6.35. The monoisotopic (exact) mass is 373 g/mol. The summed E-state index contributed by atoms with van der Waals surface area (Å²) in [6.45, 7) is 9.56. The first-order valence-electron chi connectivity index (χ1n) is 10.4. The second kappa shape index (κ2) is 11.3. The molecule has 150 valence electrons. The maximum absolute atomic E-state index is 11.7. The maximum Gasteiger partial charge on any atom is 0.330 e. The van der Waals surface area contributed by atoms with E-state index >= 15 is 0 Å². The summed E-state index contributed by atoms with van der Waals surface area (Å²) in [5.41, 5.74) is 3.59. The van der Waals surface area contributed by atoms with Crippen molar-refractivity contribution in [2.75, 3.05) is 26.2 Å². The lowest BCUT2D eigenvalue weighted by Crippen LogP contribution is -2.30. The van der Waals surface area contributed by atoms with Crippen LogP contribution in [-0.2, 0) is 16.0 Å². The largest absolute Gasteiger partial charge is 0.463 e. The van der Waals surface area contributed by atoms with Crippen molar-refractivity contribution in [2.45, 2.75) is 64.9 Å². The highest BCUT2D eigenvalue weighted by molar-refractivity contribution is 5.87. The molecule has 4 nitrogen and oxygen atoms in total. The number of hydrogen-bond donors (Lipinski definition) is 1. The average Bonchev–Trinajstić information content (AvgIpc) is 3.17. The number of aryl methyl sites for hydroxylation is 1. The second-order valence-electron chi connectivity index (χ2n) is 7.50. The van der Waals surface area contributed by atoms with Gasteiger partial charge < -0.3 is 14.7 Å². The highest BCUT2D eigenvalue weighted by atomic mass is 16.5. The number of ether oxygens (including phenoxy) is 1. The van der Waals surface area contributed by atoms with Crippen LogP contribution in [0.5, 0.6) is 0 Å². The number of aliphatic hydroxyl groups is 1. The van der Waals surface area contributed by atoms with E-state index in [1.807, 2.05) is 13.0 Å². The molecule has 1 aliphatic rings. The van der Waals surface area contributed by atoms with Crippen molar-refractivity contribution >= 4 is 12.0 Å². The number of nitrogens with zero attached hydrogens (tertiary/aromatic N) is 1. The Morgan fingerprint density at radius 3 is 2.67 bits per heavy atom. The van der Waals surface area contributed by atoms with Gasteiger partial charge in [0.25, 0.3) is 0 Å². The van der Waals surface area contributed by atoms with Gasteiger partial charge in [0, 0.05) is 12.6 Å². The summed E-state index contributed by atoms with van der Waals surface area (Å²) < 4.78 is 5.02. The molecule has 2 atom stereocenters. The van der Waals surface area contributed by atoms with Crippen LogP contribution in [0.4, 0.5) is 0 Å². The summed E-state index contributed by atoms with van der Waals surface area (Å²) in [6.07, 6.45) is 8.31. The van der Waals surface area contributed by atoms with E-state index in [2.05, 4.69) is 36.9 Å². The Balaban J connectivity index is 2.03. The van der Waals surface area contributed by atoms with Crippen molar-refractivity contribution in [2.24, 2.45) is 0 Å². The minimum absolute atomic E-state index is 0.265. The van der Waals surface area contributed by atoms with Crippen LogP contribution in [0.25, 0.3) is 6.08 Å². The highest BCUT2D eigenvalue weighted by Crippen LogP contribution is 2.29. The van der Waals surface area contributed by atoms with Gasteiger partial charge >= 0.3 is 5.97 Å².